The Morgan fingerprint density at radius 3 is 2.85 bits per heavy atom. The quantitative estimate of drug-likeness (QED) is 0.618. The lowest BCUT2D eigenvalue weighted by Gasteiger charge is -2.18. The number of allylic oxidation sites excluding steroid dienone is 2. The van der Waals surface area contributed by atoms with Gasteiger partial charge < -0.3 is 19.7 Å². The number of hydrogen-bond acceptors (Lipinski definition) is 5. The van der Waals surface area contributed by atoms with Crippen molar-refractivity contribution in [1.29, 1.82) is 0 Å². The maximum absolute atomic E-state index is 12.0. The topological polar surface area (TPSA) is 93.1 Å². The number of methoxy groups -OCH3 is 1. The van der Waals surface area contributed by atoms with Gasteiger partial charge in [0, 0.05) is 11.1 Å². The van der Waals surface area contributed by atoms with Crippen molar-refractivity contribution in [3.05, 3.63) is 33.9 Å². The van der Waals surface area contributed by atoms with E-state index in [2.05, 4.69) is 0 Å². The maximum atomic E-state index is 12.0. The van der Waals surface area contributed by atoms with E-state index in [9.17, 15) is 19.8 Å². The molecule has 2 atom stereocenters. The summed E-state index contributed by atoms with van der Waals surface area (Å²) in [6.07, 6.45) is 5.05. The first-order chi connectivity index (χ1) is 12.4. The highest BCUT2D eigenvalue weighted by atomic mass is 16.5. The third kappa shape index (κ3) is 2.93. The van der Waals surface area contributed by atoms with Crippen LogP contribution in [0.4, 0.5) is 0 Å². The Hall–Kier alpha value is -2.50. The average molecular weight is 360 g/mol. The van der Waals surface area contributed by atoms with E-state index in [0.29, 0.717) is 23.3 Å². The van der Waals surface area contributed by atoms with E-state index >= 15 is 0 Å². The van der Waals surface area contributed by atoms with Crippen LogP contribution in [0.1, 0.15) is 53.2 Å². The minimum absolute atomic E-state index is 0.0149. The fourth-order valence-electron chi connectivity index (χ4n) is 4.15. The van der Waals surface area contributed by atoms with E-state index in [4.69, 9.17) is 9.47 Å². The Morgan fingerprint density at radius 1 is 1.46 bits per heavy atom. The summed E-state index contributed by atoms with van der Waals surface area (Å²) in [5.74, 6) is -1.27. The predicted molar refractivity (Wildman–Crippen MR) is 94.4 cm³/mol. The second-order valence-corrected chi connectivity index (χ2v) is 7.02. The van der Waals surface area contributed by atoms with Crippen LogP contribution in [-0.4, -0.2) is 29.3 Å². The molecule has 26 heavy (non-hydrogen) atoms. The van der Waals surface area contributed by atoms with Gasteiger partial charge in [-0.15, -0.1) is 0 Å². The molecule has 140 valence electrons. The van der Waals surface area contributed by atoms with E-state index in [0.717, 1.165) is 30.4 Å². The number of phenolic OH excluding ortho intramolecular Hbond substituents is 1. The summed E-state index contributed by atoms with van der Waals surface area (Å²) in [6.45, 7) is 3.73. The molecule has 1 saturated carbocycles. The molecular weight excluding hydrogens is 336 g/mol. The van der Waals surface area contributed by atoms with Crippen LogP contribution >= 0.6 is 0 Å². The summed E-state index contributed by atoms with van der Waals surface area (Å²) in [7, 11) is 1.54. The molecule has 1 heterocycles. The molecule has 0 unspecified atom stereocenters. The van der Waals surface area contributed by atoms with Crippen molar-refractivity contribution < 1.29 is 29.3 Å². The Bertz CT molecular complexity index is 792. The Morgan fingerprint density at radius 2 is 2.19 bits per heavy atom. The molecule has 6 heteroatoms. The summed E-state index contributed by atoms with van der Waals surface area (Å²) in [4.78, 5) is 23.3. The van der Waals surface area contributed by atoms with Crippen molar-refractivity contribution in [2.75, 3.05) is 7.11 Å². The predicted octanol–water partition coefficient (Wildman–Crippen LogP) is 3.37. The number of ether oxygens (including phenoxy) is 2. The molecule has 0 amide bonds. The van der Waals surface area contributed by atoms with Gasteiger partial charge in [0.15, 0.2) is 0 Å². The number of carbonyl (C=O) groups is 2. The monoisotopic (exact) mass is 360 g/mol. The second-order valence-electron chi connectivity index (χ2n) is 7.02. The van der Waals surface area contributed by atoms with E-state index in [-0.39, 0.29) is 23.8 Å². The van der Waals surface area contributed by atoms with Gasteiger partial charge in [-0.1, -0.05) is 18.6 Å². The molecule has 0 bridgehead atoms. The lowest BCUT2D eigenvalue weighted by molar-refractivity contribution is -0.142. The van der Waals surface area contributed by atoms with E-state index < -0.39 is 17.9 Å². The third-order valence-electron chi connectivity index (χ3n) is 5.67. The number of cyclic esters (lactones) is 1. The molecule has 1 fully saturated rings. The molecule has 1 aliphatic heterocycles. The van der Waals surface area contributed by atoms with E-state index in [1.54, 1.807) is 6.92 Å². The number of carbonyl (C=O) groups excluding carboxylic acids is 1. The van der Waals surface area contributed by atoms with E-state index in [1.165, 1.54) is 7.11 Å². The zero-order valence-corrected chi connectivity index (χ0v) is 15.3. The van der Waals surface area contributed by atoms with Crippen LogP contribution in [0, 0.1) is 18.8 Å². The lowest BCUT2D eigenvalue weighted by Crippen LogP contribution is -2.19. The number of aromatic hydroxyl groups is 1. The number of esters is 1. The highest BCUT2D eigenvalue weighted by Crippen LogP contribution is 2.43. The van der Waals surface area contributed by atoms with Crippen molar-refractivity contribution in [3.63, 3.8) is 0 Å². The zero-order chi connectivity index (χ0) is 19.0. The van der Waals surface area contributed by atoms with Gasteiger partial charge in [-0.25, -0.2) is 4.79 Å². The summed E-state index contributed by atoms with van der Waals surface area (Å²) >= 11 is 0. The first-order valence-electron chi connectivity index (χ1n) is 8.86. The lowest BCUT2D eigenvalue weighted by atomic mass is 9.87. The third-order valence-corrected chi connectivity index (χ3v) is 5.67. The molecule has 0 saturated heterocycles. The number of carboxylic acid groups (broad SMARTS) is 1. The first-order valence-corrected chi connectivity index (χ1v) is 8.86. The first kappa shape index (κ1) is 18.3. The molecule has 1 aliphatic carbocycles. The number of fused-ring (bicyclic) bond motifs is 1. The number of carboxylic acids is 1. The fourth-order valence-corrected chi connectivity index (χ4v) is 4.15. The van der Waals surface area contributed by atoms with Crippen molar-refractivity contribution in [2.45, 2.75) is 46.1 Å². The van der Waals surface area contributed by atoms with Crippen LogP contribution < -0.4 is 4.74 Å². The molecular formula is C20H24O6. The van der Waals surface area contributed by atoms with E-state index in [1.807, 2.05) is 13.0 Å². The van der Waals surface area contributed by atoms with Gasteiger partial charge in [0.2, 0.25) is 0 Å². The normalized spacial score (nSPS) is 21.6. The fraction of sp³-hybridized carbons (Fsp3) is 0.500. The number of hydrogen-bond donors (Lipinski definition) is 2. The van der Waals surface area contributed by atoms with Gasteiger partial charge in [0.25, 0.3) is 0 Å². The van der Waals surface area contributed by atoms with Crippen LogP contribution in [0.5, 0.6) is 11.5 Å². The van der Waals surface area contributed by atoms with Gasteiger partial charge in [-0.3, -0.25) is 4.79 Å². The molecule has 0 radical (unpaired) electrons. The molecule has 3 rings (SSSR count). The summed E-state index contributed by atoms with van der Waals surface area (Å²) in [5, 5.41) is 20.0. The van der Waals surface area contributed by atoms with Crippen LogP contribution in [-0.2, 0) is 22.6 Å². The van der Waals surface area contributed by atoms with Crippen molar-refractivity contribution in [1.82, 2.24) is 0 Å². The molecule has 1 aromatic carbocycles. The van der Waals surface area contributed by atoms with Gasteiger partial charge >= 0.3 is 11.9 Å². The SMILES string of the molecule is COc1c(C)c2c(c(O)c1C/C=C1/CCC[C@H]1[C@H](C)C(=O)O)C(=O)OC2. The Kier molecular flexibility index (Phi) is 4.94. The Balaban J connectivity index is 1.98. The summed E-state index contributed by atoms with van der Waals surface area (Å²) in [5.41, 5.74) is 3.32. The van der Waals surface area contributed by atoms with Gasteiger partial charge in [-0.2, -0.15) is 0 Å². The average Bonchev–Trinajstić information content (AvgIpc) is 3.22. The molecule has 1 aromatic rings. The minimum atomic E-state index is -0.792. The maximum Gasteiger partial charge on any atom is 0.342 e. The molecule has 6 nitrogen and oxygen atoms in total. The van der Waals surface area contributed by atoms with Gasteiger partial charge in [0.05, 0.1) is 13.0 Å². The minimum Gasteiger partial charge on any atom is -0.507 e. The van der Waals surface area contributed by atoms with Crippen LogP contribution in [0.15, 0.2) is 11.6 Å². The molecule has 0 aromatic heterocycles. The van der Waals surface area contributed by atoms with Crippen molar-refractivity contribution in [2.24, 2.45) is 11.8 Å². The smallest absolute Gasteiger partial charge is 0.342 e. The molecule has 2 N–H and O–H groups in total. The van der Waals surface area contributed by atoms with Crippen molar-refractivity contribution in [3.8, 4) is 11.5 Å². The molecule has 2 aliphatic rings. The van der Waals surface area contributed by atoms with Crippen LogP contribution in [0.2, 0.25) is 0 Å². The second kappa shape index (κ2) is 7.02. The van der Waals surface area contributed by atoms with Gasteiger partial charge in [-0.05, 0) is 44.1 Å². The number of aliphatic carboxylic acids is 1. The number of phenols is 1. The highest BCUT2D eigenvalue weighted by molar-refractivity contribution is 5.98. The van der Waals surface area contributed by atoms with Crippen molar-refractivity contribution >= 4 is 11.9 Å². The van der Waals surface area contributed by atoms with Crippen LogP contribution in [0.3, 0.4) is 0 Å². The number of benzene rings is 1. The van der Waals surface area contributed by atoms with Gasteiger partial charge in [0.1, 0.15) is 23.7 Å². The molecule has 0 spiro atoms. The largest absolute Gasteiger partial charge is 0.507 e. The zero-order valence-electron chi connectivity index (χ0n) is 15.3. The highest BCUT2D eigenvalue weighted by Gasteiger charge is 2.33. The summed E-state index contributed by atoms with van der Waals surface area (Å²) < 4.78 is 10.6. The number of rotatable bonds is 5. The Labute approximate surface area is 152 Å². The summed E-state index contributed by atoms with van der Waals surface area (Å²) in [6, 6.07) is 0. The van der Waals surface area contributed by atoms with Crippen LogP contribution in [0.25, 0.3) is 0 Å². The standard InChI is InChI=1S/C20H24O6/c1-10-15-9-26-20(24)16(15)17(21)14(18(10)25-3)8-7-12-5-4-6-13(12)11(2)19(22)23/h7,11,13,21H,4-6,8-9H2,1-3H3,(H,22,23)/b12-7-/t11-,13-/m0/s1.